The van der Waals surface area contributed by atoms with Crippen LogP contribution in [0.15, 0.2) is 28.8 Å². The molecule has 7 nitrogen and oxygen atoms in total. The average Bonchev–Trinajstić information content (AvgIpc) is 3.06. The van der Waals surface area contributed by atoms with Gasteiger partial charge in [0.1, 0.15) is 5.75 Å². The van der Waals surface area contributed by atoms with E-state index in [-0.39, 0.29) is 17.9 Å². The third-order valence-corrected chi connectivity index (χ3v) is 4.13. The molecule has 28 heavy (non-hydrogen) atoms. The number of hydrogen-bond donors (Lipinski definition) is 1. The number of rotatable bonds is 7. The normalized spacial score (nSPS) is 11.4. The Morgan fingerprint density at radius 1 is 1.18 bits per heavy atom. The second kappa shape index (κ2) is 8.91. The molecular weight excluding hydrogens is 360 g/mol. The van der Waals surface area contributed by atoms with Gasteiger partial charge in [0.15, 0.2) is 13.2 Å². The van der Waals surface area contributed by atoms with Gasteiger partial charge in [-0.3, -0.25) is 10.1 Å². The Balaban J connectivity index is 1.77. The van der Waals surface area contributed by atoms with Crippen molar-refractivity contribution in [2.45, 2.75) is 52.9 Å². The molecule has 1 aromatic carbocycles. The highest BCUT2D eigenvalue weighted by molar-refractivity contribution is 5.91. The molecule has 152 valence electrons. The highest BCUT2D eigenvalue weighted by Gasteiger charge is 2.20. The summed E-state index contributed by atoms with van der Waals surface area (Å²) < 4.78 is 15.4. The molecule has 1 N–H and O–H groups in total. The number of esters is 1. The standard InChI is InChI=1S/C21H28N2O5/c1-13(2)16-8-7-15(9-14(16)3)26-12-20(25)27-11-18(24)22-19-10-17(23-28-19)21(4,5)6/h7-10,13H,11-12H2,1-6H3,(H,22,24). The van der Waals surface area contributed by atoms with Crippen LogP contribution in [0, 0.1) is 6.92 Å². The molecule has 1 heterocycles. The number of carbonyl (C=O) groups is 2. The van der Waals surface area contributed by atoms with Crippen LogP contribution in [0.25, 0.3) is 0 Å². The third kappa shape index (κ3) is 6.11. The van der Waals surface area contributed by atoms with Crippen LogP contribution in [0.1, 0.15) is 57.4 Å². The van der Waals surface area contributed by atoms with Gasteiger partial charge in [-0.25, -0.2) is 4.79 Å². The molecule has 0 unspecified atom stereocenters. The maximum absolute atomic E-state index is 11.9. The van der Waals surface area contributed by atoms with Gasteiger partial charge in [-0.1, -0.05) is 45.8 Å². The van der Waals surface area contributed by atoms with E-state index >= 15 is 0 Å². The molecule has 2 rings (SSSR count). The summed E-state index contributed by atoms with van der Waals surface area (Å²) in [7, 11) is 0. The van der Waals surface area contributed by atoms with Crippen LogP contribution in [0.4, 0.5) is 5.88 Å². The fourth-order valence-electron chi connectivity index (χ4n) is 2.58. The smallest absolute Gasteiger partial charge is 0.344 e. The third-order valence-electron chi connectivity index (χ3n) is 4.13. The van der Waals surface area contributed by atoms with E-state index in [1.165, 1.54) is 5.56 Å². The van der Waals surface area contributed by atoms with Crippen molar-refractivity contribution in [3.63, 3.8) is 0 Å². The monoisotopic (exact) mass is 388 g/mol. The van der Waals surface area contributed by atoms with Crippen LogP contribution in [0.2, 0.25) is 0 Å². The number of nitrogens with one attached hydrogen (secondary N) is 1. The Morgan fingerprint density at radius 3 is 2.46 bits per heavy atom. The van der Waals surface area contributed by atoms with Gasteiger partial charge in [0.2, 0.25) is 5.88 Å². The highest BCUT2D eigenvalue weighted by atomic mass is 16.6. The Hall–Kier alpha value is -2.83. The van der Waals surface area contributed by atoms with Gasteiger partial charge in [-0.2, -0.15) is 0 Å². The fraction of sp³-hybridized carbons (Fsp3) is 0.476. The lowest BCUT2D eigenvalue weighted by molar-refractivity contribution is -0.149. The summed E-state index contributed by atoms with van der Waals surface area (Å²) in [5, 5.41) is 6.41. The maximum Gasteiger partial charge on any atom is 0.344 e. The minimum Gasteiger partial charge on any atom is -0.482 e. The number of hydrogen-bond acceptors (Lipinski definition) is 6. The molecule has 0 aliphatic carbocycles. The lowest BCUT2D eigenvalue weighted by Gasteiger charge is -2.12. The van der Waals surface area contributed by atoms with Crippen molar-refractivity contribution in [1.82, 2.24) is 5.16 Å². The molecule has 0 fully saturated rings. The summed E-state index contributed by atoms with van der Waals surface area (Å²) >= 11 is 0. The van der Waals surface area contributed by atoms with Crippen molar-refractivity contribution in [2.24, 2.45) is 0 Å². The fourth-order valence-corrected chi connectivity index (χ4v) is 2.58. The molecule has 2 aromatic rings. The summed E-state index contributed by atoms with van der Waals surface area (Å²) in [6, 6.07) is 7.33. The number of amides is 1. The average molecular weight is 388 g/mol. The molecule has 0 saturated carbocycles. The molecule has 0 aliphatic rings. The van der Waals surface area contributed by atoms with Gasteiger partial charge in [0, 0.05) is 11.5 Å². The number of aromatic nitrogens is 1. The summed E-state index contributed by atoms with van der Waals surface area (Å²) in [6.45, 7) is 11.5. The number of ether oxygens (including phenoxy) is 2. The topological polar surface area (TPSA) is 90.7 Å². The maximum atomic E-state index is 11.9. The van der Waals surface area contributed by atoms with E-state index in [9.17, 15) is 9.59 Å². The molecule has 1 aromatic heterocycles. The molecule has 7 heteroatoms. The quantitative estimate of drug-likeness (QED) is 0.722. The Morgan fingerprint density at radius 2 is 1.89 bits per heavy atom. The summed E-state index contributed by atoms with van der Waals surface area (Å²) in [6.07, 6.45) is 0. The number of anilines is 1. The van der Waals surface area contributed by atoms with E-state index in [2.05, 4.69) is 24.3 Å². The summed E-state index contributed by atoms with van der Waals surface area (Å²) in [5.41, 5.74) is 2.85. The lowest BCUT2D eigenvalue weighted by Crippen LogP contribution is -2.23. The Labute approximate surface area is 165 Å². The molecule has 0 radical (unpaired) electrons. The van der Waals surface area contributed by atoms with E-state index in [0.717, 1.165) is 5.56 Å². The van der Waals surface area contributed by atoms with Crippen molar-refractivity contribution < 1.29 is 23.6 Å². The van der Waals surface area contributed by atoms with Gasteiger partial charge in [-0.15, -0.1) is 0 Å². The summed E-state index contributed by atoms with van der Waals surface area (Å²) in [5.74, 6) is 0.0692. The molecule has 0 bridgehead atoms. The van der Waals surface area contributed by atoms with Crippen molar-refractivity contribution in [3.8, 4) is 5.75 Å². The van der Waals surface area contributed by atoms with Crippen LogP contribution in [0.5, 0.6) is 5.75 Å². The molecule has 0 saturated heterocycles. The SMILES string of the molecule is Cc1cc(OCC(=O)OCC(=O)Nc2cc(C(C)(C)C)no2)ccc1C(C)C. The molecule has 0 atom stereocenters. The minimum atomic E-state index is -0.631. The van der Waals surface area contributed by atoms with Crippen LogP contribution in [-0.4, -0.2) is 30.2 Å². The summed E-state index contributed by atoms with van der Waals surface area (Å²) in [4.78, 5) is 23.7. The van der Waals surface area contributed by atoms with Crippen LogP contribution in [0.3, 0.4) is 0 Å². The van der Waals surface area contributed by atoms with Crippen LogP contribution in [-0.2, 0) is 19.7 Å². The zero-order chi connectivity index (χ0) is 20.9. The zero-order valence-corrected chi connectivity index (χ0v) is 17.3. The molecule has 0 aliphatic heterocycles. The van der Waals surface area contributed by atoms with Crippen LogP contribution < -0.4 is 10.1 Å². The van der Waals surface area contributed by atoms with E-state index in [4.69, 9.17) is 14.0 Å². The van der Waals surface area contributed by atoms with E-state index in [1.54, 1.807) is 6.07 Å². The van der Waals surface area contributed by atoms with Crippen molar-refractivity contribution >= 4 is 17.8 Å². The van der Waals surface area contributed by atoms with Crippen molar-refractivity contribution in [3.05, 3.63) is 41.1 Å². The van der Waals surface area contributed by atoms with Gasteiger partial charge >= 0.3 is 5.97 Å². The first kappa shape index (κ1) is 21.5. The second-order valence-electron chi connectivity index (χ2n) is 8.00. The number of carbonyl (C=O) groups excluding carboxylic acids is 2. The van der Waals surface area contributed by atoms with Crippen molar-refractivity contribution in [2.75, 3.05) is 18.5 Å². The van der Waals surface area contributed by atoms with Gasteiger partial charge < -0.3 is 14.0 Å². The van der Waals surface area contributed by atoms with E-state index < -0.39 is 18.5 Å². The molecule has 0 spiro atoms. The van der Waals surface area contributed by atoms with Crippen LogP contribution >= 0.6 is 0 Å². The van der Waals surface area contributed by atoms with E-state index in [0.29, 0.717) is 17.4 Å². The van der Waals surface area contributed by atoms with E-state index in [1.807, 2.05) is 45.9 Å². The molecule has 1 amide bonds. The Bertz CT molecular complexity index is 834. The Kier molecular flexibility index (Phi) is 6.83. The van der Waals surface area contributed by atoms with Gasteiger partial charge in [0.25, 0.3) is 5.91 Å². The predicted molar refractivity (Wildman–Crippen MR) is 106 cm³/mol. The number of aryl methyl sites for hydroxylation is 1. The predicted octanol–water partition coefficient (Wildman–Crippen LogP) is 3.96. The first-order valence-corrected chi connectivity index (χ1v) is 9.22. The first-order chi connectivity index (χ1) is 13.1. The zero-order valence-electron chi connectivity index (χ0n) is 17.3. The van der Waals surface area contributed by atoms with Crippen molar-refractivity contribution in [1.29, 1.82) is 0 Å². The number of benzene rings is 1. The number of nitrogens with zero attached hydrogens (tertiary/aromatic N) is 1. The highest BCUT2D eigenvalue weighted by Crippen LogP contribution is 2.24. The van der Waals surface area contributed by atoms with Gasteiger partial charge in [0.05, 0.1) is 5.69 Å². The molecular formula is C21H28N2O5. The first-order valence-electron chi connectivity index (χ1n) is 9.22. The van der Waals surface area contributed by atoms with Gasteiger partial charge in [-0.05, 0) is 36.1 Å². The largest absolute Gasteiger partial charge is 0.482 e. The second-order valence-corrected chi connectivity index (χ2v) is 8.00. The minimum absolute atomic E-state index is 0.192. The lowest BCUT2D eigenvalue weighted by atomic mass is 9.92.